The molecule has 0 atom stereocenters. The third kappa shape index (κ3) is 2.51. The molecular formula is C10H15Sn. The third-order valence-electron chi connectivity index (χ3n) is 2.10. The first-order valence-electron chi connectivity index (χ1n) is 4.10. The van der Waals surface area contributed by atoms with Crippen LogP contribution in [0.2, 0.25) is 8.87 Å². The van der Waals surface area contributed by atoms with Gasteiger partial charge < -0.3 is 0 Å². The summed E-state index contributed by atoms with van der Waals surface area (Å²) >= 11 is -1.18. The number of benzene rings is 1. The molecule has 0 aromatic heterocycles. The van der Waals surface area contributed by atoms with Crippen molar-refractivity contribution in [3.8, 4) is 0 Å². The topological polar surface area (TPSA) is 0 Å². The average Bonchev–Trinajstić information content (AvgIpc) is 2.05. The summed E-state index contributed by atoms with van der Waals surface area (Å²) in [5, 5.41) is 0. The van der Waals surface area contributed by atoms with Gasteiger partial charge in [0, 0.05) is 0 Å². The molecule has 0 saturated heterocycles. The Kier molecular flexibility index (Phi) is 3.43. The van der Waals surface area contributed by atoms with Gasteiger partial charge in [-0.2, -0.15) is 0 Å². The molecule has 11 heavy (non-hydrogen) atoms. The van der Waals surface area contributed by atoms with Gasteiger partial charge in [-0.15, -0.1) is 0 Å². The van der Waals surface area contributed by atoms with Gasteiger partial charge in [-0.25, -0.2) is 0 Å². The van der Waals surface area contributed by atoms with Crippen LogP contribution in [0.15, 0.2) is 30.3 Å². The molecule has 0 bridgehead atoms. The second kappa shape index (κ2) is 4.15. The molecule has 1 aromatic carbocycles. The van der Waals surface area contributed by atoms with Crippen molar-refractivity contribution in [3.05, 3.63) is 30.3 Å². The minimum absolute atomic E-state index is 0.930. The Bertz CT molecular complexity index is 203. The van der Waals surface area contributed by atoms with Gasteiger partial charge in [-0.1, -0.05) is 0 Å². The standard InChI is InChI=1S/C6H5.C3H7.CH3.Sn/c1-2-4-6-5-3-1;1-3-2;;/h1-5H;3H,1-2H3;1H3;. The molecule has 0 fully saturated rings. The second-order valence-electron chi connectivity index (χ2n) is 3.20. The Morgan fingerprint density at radius 3 is 2.09 bits per heavy atom. The maximum atomic E-state index is 2.47. The maximum absolute atomic E-state index is 2.47. The van der Waals surface area contributed by atoms with E-state index >= 15 is 0 Å². The predicted molar refractivity (Wildman–Crippen MR) is 52.8 cm³/mol. The summed E-state index contributed by atoms with van der Waals surface area (Å²) in [6.07, 6.45) is 0. The Morgan fingerprint density at radius 2 is 1.64 bits per heavy atom. The van der Waals surface area contributed by atoms with Gasteiger partial charge in [0.15, 0.2) is 0 Å². The van der Waals surface area contributed by atoms with E-state index in [1.165, 1.54) is 0 Å². The Morgan fingerprint density at radius 1 is 1.09 bits per heavy atom. The molecule has 0 aliphatic carbocycles. The molecule has 0 spiro atoms. The van der Waals surface area contributed by atoms with E-state index in [1.807, 2.05) is 0 Å². The quantitative estimate of drug-likeness (QED) is 0.711. The minimum atomic E-state index is -1.18. The molecule has 1 radical (unpaired) electrons. The first-order valence-corrected chi connectivity index (χ1v) is 10.0. The van der Waals surface area contributed by atoms with Crippen molar-refractivity contribution in [1.82, 2.24) is 0 Å². The van der Waals surface area contributed by atoms with Crippen molar-refractivity contribution in [1.29, 1.82) is 0 Å². The van der Waals surface area contributed by atoms with Crippen molar-refractivity contribution in [2.24, 2.45) is 0 Å². The normalized spacial score (nSPS) is 11.0. The SMILES string of the molecule is C[CH](C)[Sn]([CH3])[c]1ccccc1. The zero-order valence-electron chi connectivity index (χ0n) is 7.46. The molecule has 0 heterocycles. The molecule has 1 heteroatoms. The van der Waals surface area contributed by atoms with Crippen molar-refractivity contribution >= 4 is 23.3 Å². The first-order chi connectivity index (χ1) is 5.22. The molecule has 1 rings (SSSR count). The molecule has 59 valence electrons. The van der Waals surface area contributed by atoms with Crippen LogP contribution in [0.4, 0.5) is 0 Å². The van der Waals surface area contributed by atoms with Gasteiger partial charge in [0.1, 0.15) is 0 Å². The molecule has 0 amide bonds. The van der Waals surface area contributed by atoms with Gasteiger partial charge in [-0.3, -0.25) is 0 Å². The predicted octanol–water partition coefficient (Wildman–Crippen LogP) is 2.43. The summed E-state index contributed by atoms with van der Waals surface area (Å²) in [4.78, 5) is 2.47. The fourth-order valence-corrected chi connectivity index (χ4v) is 4.99. The van der Waals surface area contributed by atoms with Crippen molar-refractivity contribution in [3.63, 3.8) is 0 Å². The summed E-state index contributed by atoms with van der Waals surface area (Å²) in [5.74, 6) is 0. The monoisotopic (exact) mass is 255 g/mol. The summed E-state index contributed by atoms with van der Waals surface area (Å²) in [6.45, 7) is 4.70. The molecular weight excluding hydrogens is 239 g/mol. The van der Waals surface area contributed by atoms with Gasteiger partial charge in [0.05, 0.1) is 0 Å². The van der Waals surface area contributed by atoms with E-state index in [9.17, 15) is 0 Å². The van der Waals surface area contributed by atoms with E-state index in [-0.39, 0.29) is 0 Å². The molecule has 0 saturated carbocycles. The van der Waals surface area contributed by atoms with Crippen LogP contribution in [0.3, 0.4) is 0 Å². The summed E-state index contributed by atoms with van der Waals surface area (Å²) in [7, 11) is 0. The molecule has 0 unspecified atom stereocenters. The van der Waals surface area contributed by atoms with E-state index < -0.39 is 19.8 Å². The third-order valence-corrected chi connectivity index (χ3v) is 10.6. The van der Waals surface area contributed by atoms with E-state index in [0.29, 0.717) is 0 Å². The van der Waals surface area contributed by atoms with Gasteiger partial charge in [0.25, 0.3) is 0 Å². The number of hydrogen-bond donors (Lipinski definition) is 0. The first kappa shape index (κ1) is 9.11. The van der Waals surface area contributed by atoms with Crippen LogP contribution in [0.1, 0.15) is 13.8 Å². The van der Waals surface area contributed by atoms with Crippen molar-refractivity contribution < 1.29 is 0 Å². The summed E-state index contributed by atoms with van der Waals surface area (Å²) < 4.78 is 2.57. The van der Waals surface area contributed by atoms with Crippen LogP contribution in [-0.4, -0.2) is 19.8 Å². The second-order valence-corrected chi connectivity index (χ2v) is 12.0. The van der Waals surface area contributed by atoms with Crippen molar-refractivity contribution in [2.75, 3.05) is 0 Å². The van der Waals surface area contributed by atoms with Crippen LogP contribution >= 0.6 is 0 Å². The fourth-order valence-electron chi connectivity index (χ4n) is 1.03. The van der Waals surface area contributed by atoms with Crippen LogP contribution < -0.4 is 3.58 Å². The Labute approximate surface area is 76.4 Å². The van der Waals surface area contributed by atoms with Gasteiger partial charge >= 0.3 is 76.4 Å². The summed E-state index contributed by atoms with van der Waals surface area (Å²) in [5.41, 5.74) is 0. The molecule has 0 nitrogen and oxygen atoms in total. The van der Waals surface area contributed by atoms with Crippen LogP contribution in [0.25, 0.3) is 0 Å². The fraction of sp³-hybridized carbons (Fsp3) is 0.400. The van der Waals surface area contributed by atoms with Gasteiger partial charge in [0.2, 0.25) is 0 Å². The van der Waals surface area contributed by atoms with E-state index in [0.717, 1.165) is 3.93 Å². The molecule has 0 aliphatic rings. The van der Waals surface area contributed by atoms with E-state index in [1.54, 1.807) is 3.58 Å². The Balaban J connectivity index is 2.77. The van der Waals surface area contributed by atoms with E-state index in [4.69, 9.17) is 0 Å². The molecule has 0 N–H and O–H groups in total. The van der Waals surface area contributed by atoms with E-state index in [2.05, 4.69) is 49.1 Å². The van der Waals surface area contributed by atoms with Crippen molar-refractivity contribution in [2.45, 2.75) is 22.7 Å². The average molecular weight is 254 g/mol. The van der Waals surface area contributed by atoms with Crippen LogP contribution in [-0.2, 0) is 0 Å². The summed E-state index contributed by atoms with van der Waals surface area (Å²) in [6, 6.07) is 11.0. The van der Waals surface area contributed by atoms with Crippen LogP contribution in [0.5, 0.6) is 0 Å². The zero-order valence-corrected chi connectivity index (χ0v) is 10.3. The van der Waals surface area contributed by atoms with Crippen LogP contribution in [0, 0.1) is 0 Å². The number of rotatable bonds is 2. The number of hydrogen-bond acceptors (Lipinski definition) is 0. The molecule has 0 aliphatic heterocycles. The zero-order chi connectivity index (χ0) is 8.27. The Hall–Kier alpha value is 0.0187. The van der Waals surface area contributed by atoms with Gasteiger partial charge in [-0.05, 0) is 0 Å². The molecule has 1 aromatic rings.